The van der Waals surface area contributed by atoms with Crippen molar-refractivity contribution in [3.63, 3.8) is 0 Å². The molecule has 0 aromatic heterocycles. The summed E-state index contributed by atoms with van der Waals surface area (Å²) in [6.45, 7) is 2.02. The first-order chi connectivity index (χ1) is 11.1. The van der Waals surface area contributed by atoms with Crippen LogP contribution in [0.4, 0.5) is 0 Å². The normalized spacial score (nSPS) is 10.3. The minimum Gasteiger partial charge on any atom is -0.484 e. The van der Waals surface area contributed by atoms with Crippen LogP contribution in [-0.4, -0.2) is 36.7 Å². The van der Waals surface area contributed by atoms with Crippen molar-refractivity contribution in [2.45, 2.75) is 13.5 Å². The Morgan fingerprint density at radius 1 is 1.09 bits per heavy atom. The average molecular weight is 316 g/mol. The fraction of sp³-hybridized carbons (Fsp3) is 0.294. The molecule has 2 aromatic rings. The van der Waals surface area contributed by atoms with Crippen molar-refractivity contribution in [3.8, 4) is 5.75 Å². The van der Waals surface area contributed by atoms with E-state index in [4.69, 9.17) is 9.84 Å². The highest BCUT2D eigenvalue weighted by molar-refractivity contribution is 5.85. The number of nitrogens with one attached hydrogen (secondary N) is 2. The predicted octanol–water partition coefficient (Wildman–Crippen LogP) is 0.963. The fourth-order valence-corrected chi connectivity index (χ4v) is 2.09. The van der Waals surface area contributed by atoms with Gasteiger partial charge in [0, 0.05) is 20.0 Å². The highest BCUT2D eigenvalue weighted by atomic mass is 16.5. The molecular formula is C17H20N2O4. The monoisotopic (exact) mass is 316 g/mol. The van der Waals surface area contributed by atoms with Gasteiger partial charge in [-0.25, -0.2) is 0 Å². The lowest BCUT2D eigenvalue weighted by atomic mass is 10.1. The van der Waals surface area contributed by atoms with Crippen LogP contribution in [0.25, 0.3) is 10.8 Å². The van der Waals surface area contributed by atoms with Crippen LogP contribution in [0.5, 0.6) is 5.75 Å². The van der Waals surface area contributed by atoms with Crippen LogP contribution in [0.3, 0.4) is 0 Å². The fourth-order valence-electron chi connectivity index (χ4n) is 2.09. The zero-order valence-electron chi connectivity index (χ0n) is 13.0. The van der Waals surface area contributed by atoms with Crippen LogP contribution in [0.1, 0.15) is 12.5 Å². The third-order valence-corrected chi connectivity index (χ3v) is 3.22. The first-order valence-electron chi connectivity index (χ1n) is 7.36. The van der Waals surface area contributed by atoms with Gasteiger partial charge in [0.15, 0.2) is 6.61 Å². The number of rotatable bonds is 7. The molecule has 0 fully saturated rings. The number of hydrogen-bond acceptors (Lipinski definition) is 4. The molecule has 0 aliphatic carbocycles. The summed E-state index contributed by atoms with van der Waals surface area (Å²) in [4.78, 5) is 22.4. The summed E-state index contributed by atoms with van der Waals surface area (Å²) < 4.78 is 5.43. The van der Waals surface area contributed by atoms with Crippen molar-refractivity contribution in [1.82, 2.24) is 10.6 Å². The van der Waals surface area contributed by atoms with Crippen molar-refractivity contribution in [2.75, 3.05) is 19.8 Å². The number of amides is 2. The summed E-state index contributed by atoms with van der Waals surface area (Å²) in [7, 11) is 0. The lowest BCUT2D eigenvalue weighted by Gasteiger charge is -2.09. The summed E-state index contributed by atoms with van der Waals surface area (Å²) in [5.74, 6) is 0.268. The zero-order valence-corrected chi connectivity index (χ0v) is 13.0. The quantitative estimate of drug-likeness (QED) is 0.710. The van der Waals surface area contributed by atoms with Gasteiger partial charge in [-0.3, -0.25) is 9.59 Å². The SMILES string of the molecule is CC(=O)NCc1ccc2cc(OCC(=O)NCCO)ccc2c1. The maximum atomic E-state index is 11.4. The molecule has 2 amide bonds. The smallest absolute Gasteiger partial charge is 0.258 e. The van der Waals surface area contributed by atoms with E-state index in [9.17, 15) is 9.59 Å². The Bertz CT molecular complexity index is 700. The molecule has 0 aliphatic heterocycles. The van der Waals surface area contributed by atoms with Crippen LogP contribution in [0.2, 0.25) is 0 Å². The molecule has 0 atom stereocenters. The van der Waals surface area contributed by atoms with E-state index >= 15 is 0 Å². The lowest BCUT2D eigenvalue weighted by molar-refractivity contribution is -0.123. The molecule has 23 heavy (non-hydrogen) atoms. The molecule has 0 heterocycles. The molecule has 2 aromatic carbocycles. The van der Waals surface area contributed by atoms with E-state index in [1.54, 1.807) is 6.07 Å². The molecule has 0 unspecified atom stereocenters. The molecule has 3 N–H and O–H groups in total. The van der Waals surface area contributed by atoms with Crippen LogP contribution >= 0.6 is 0 Å². The summed E-state index contributed by atoms with van der Waals surface area (Å²) in [6, 6.07) is 11.5. The van der Waals surface area contributed by atoms with Crippen LogP contribution in [-0.2, 0) is 16.1 Å². The van der Waals surface area contributed by atoms with Gasteiger partial charge < -0.3 is 20.5 Å². The zero-order chi connectivity index (χ0) is 16.7. The van der Waals surface area contributed by atoms with Crippen molar-refractivity contribution >= 4 is 22.6 Å². The second-order valence-corrected chi connectivity index (χ2v) is 5.12. The topological polar surface area (TPSA) is 87.7 Å². The first-order valence-corrected chi connectivity index (χ1v) is 7.36. The number of aliphatic hydroxyl groups excluding tert-OH is 1. The van der Waals surface area contributed by atoms with Gasteiger partial charge in [0.1, 0.15) is 5.75 Å². The van der Waals surface area contributed by atoms with Gasteiger partial charge in [-0.1, -0.05) is 18.2 Å². The summed E-state index contributed by atoms with van der Waals surface area (Å²) in [5.41, 5.74) is 1.02. The Hall–Kier alpha value is -2.60. The highest BCUT2D eigenvalue weighted by Crippen LogP contribution is 2.22. The summed E-state index contributed by atoms with van der Waals surface area (Å²) >= 11 is 0. The van der Waals surface area contributed by atoms with E-state index in [2.05, 4.69) is 10.6 Å². The molecule has 6 heteroatoms. The van der Waals surface area contributed by atoms with Crippen LogP contribution in [0, 0.1) is 0 Å². The van der Waals surface area contributed by atoms with E-state index in [1.165, 1.54) is 6.92 Å². The van der Waals surface area contributed by atoms with Crippen LogP contribution in [0.15, 0.2) is 36.4 Å². The number of benzene rings is 2. The molecule has 2 rings (SSSR count). The third-order valence-electron chi connectivity index (χ3n) is 3.22. The summed E-state index contributed by atoms with van der Waals surface area (Å²) in [6.07, 6.45) is 0. The molecular weight excluding hydrogens is 296 g/mol. The van der Waals surface area contributed by atoms with Crippen molar-refractivity contribution in [2.24, 2.45) is 0 Å². The standard InChI is InChI=1S/C17H20N2O4/c1-12(21)19-10-13-2-3-15-9-16(5-4-14(15)8-13)23-11-17(22)18-6-7-20/h2-5,8-9,20H,6-7,10-11H2,1H3,(H,18,22)(H,19,21). The summed E-state index contributed by atoms with van der Waals surface area (Å²) in [5, 5.41) is 15.9. The van der Waals surface area contributed by atoms with Gasteiger partial charge in [0.2, 0.25) is 5.91 Å². The number of fused-ring (bicyclic) bond motifs is 1. The Labute approximate surface area is 134 Å². The van der Waals surface area contributed by atoms with Gasteiger partial charge in [-0.15, -0.1) is 0 Å². The first kappa shape index (κ1) is 16.8. The molecule has 6 nitrogen and oxygen atoms in total. The lowest BCUT2D eigenvalue weighted by Crippen LogP contribution is -2.31. The van der Waals surface area contributed by atoms with E-state index in [-0.39, 0.29) is 31.6 Å². The molecule has 0 radical (unpaired) electrons. The van der Waals surface area contributed by atoms with Gasteiger partial charge in [0.05, 0.1) is 6.61 Å². The van der Waals surface area contributed by atoms with E-state index in [0.29, 0.717) is 12.3 Å². The van der Waals surface area contributed by atoms with Crippen LogP contribution < -0.4 is 15.4 Å². The Morgan fingerprint density at radius 3 is 2.57 bits per heavy atom. The average Bonchev–Trinajstić information content (AvgIpc) is 2.55. The molecule has 0 bridgehead atoms. The minimum absolute atomic E-state index is 0.0617. The number of carbonyl (C=O) groups is 2. The van der Waals surface area contributed by atoms with E-state index in [1.807, 2.05) is 30.3 Å². The van der Waals surface area contributed by atoms with Crippen molar-refractivity contribution in [1.29, 1.82) is 0 Å². The Morgan fingerprint density at radius 2 is 1.83 bits per heavy atom. The number of aliphatic hydroxyl groups is 1. The second-order valence-electron chi connectivity index (χ2n) is 5.12. The molecule has 122 valence electrons. The molecule has 0 spiro atoms. The minimum atomic E-state index is -0.273. The van der Waals surface area contributed by atoms with Crippen molar-refractivity contribution < 1.29 is 19.4 Å². The molecule has 0 saturated carbocycles. The van der Waals surface area contributed by atoms with Gasteiger partial charge in [-0.2, -0.15) is 0 Å². The van der Waals surface area contributed by atoms with E-state index in [0.717, 1.165) is 16.3 Å². The maximum Gasteiger partial charge on any atom is 0.258 e. The second kappa shape index (κ2) is 8.14. The third kappa shape index (κ3) is 5.27. The van der Waals surface area contributed by atoms with Gasteiger partial charge >= 0.3 is 0 Å². The largest absolute Gasteiger partial charge is 0.484 e. The number of hydrogen-bond donors (Lipinski definition) is 3. The Kier molecular flexibility index (Phi) is 5.94. The highest BCUT2D eigenvalue weighted by Gasteiger charge is 2.04. The molecule has 0 saturated heterocycles. The van der Waals surface area contributed by atoms with Crippen molar-refractivity contribution in [3.05, 3.63) is 42.0 Å². The van der Waals surface area contributed by atoms with E-state index < -0.39 is 0 Å². The number of carbonyl (C=O) groups excluding carboxylic acids is 2. The van der Waals surface area contributed by atoms with Gasteiger partial charge in [-0.05, 0) is 34.5 Å². The number of ether oxygens (including phenoxy) is 1. The van der Waals surface area contributed by atoms with Gasteiger partial charge in [0.25, 0.3) is 5.91 Å². The maximum absolute atomic E-state index is 11.4. The molecule has 0 aliphatic rings. The Balaban J connectivity index is 2.00. The predicted molar refractivity (Wildman–Crippen MR) is 87.1 cm³/mol.